The molecule has 2 aromatic carbocycles. The van der Waals surface area contributed by atoms with Crippen LogP contribution in [0, 0.1) is 0 Å². The number of nitrogens with one attached hydrogen (secondary N) is 1. The Morgan fingerprint density at radius 2 is 1.81 bits per heavy atom. The van der Waals surface area contributed by atoms with E-state index < -0.39 is 12.0 Å². The number of aliphatic hydroxyl groups is 1. The molecular weight excluding hydrogens is 358 g/mol. The molecule has 1 aromatic heterocycles. The number of nitrogens with zero attached hydrogens (tertiary/aromatic N) is 2. The van der Waals surface area contributed by atoms with Gasteiger partial charge >= 0.3 is 5.69 Å². The Labute approximate surface area is 154 Å². The second-order valence-corrected chi connectivity index (χ2v) is 6.47. The SMILES string of the molecule is Cn1c(=O)n(C)c2cc(NC(=O)C(O)Cc3ccccc3Cl)c(O)cc21. The smallest absolute Gasteiger partial charge is 0.328 e. The molecule has 0 bridgehead atoms. The Morgan fingerprint density at radius 3 is 2.46 bits per heavy atom. The summed E-state index contributed by atoms with van der Waals surface area (Å²) < 4.78 is 2.80. The summed E-state index contributed by atoms with van der Waals surface area (Å²) in [5, 5.41) is 23.3. The fourth-order valence-corrected chi connectivity index (χ4v) is 3.03. The quantitative estimate of drug-likeness (QED) is 0.605. The minimum absolute atomic E-state index is 0.0400. The van der Waals surface area contributed by atoms with Crippen LogP contribution in [0.25, 0.3) is 11.0 Å². The van der Waals surface area contributed by atoms with Crippen LogP contribution in [0.4, 0.5) is 5.69 Å². The van der Waals surface area contributed by atoms with E-state index in [0.717, 1.165) is 0 Å². The van der Waals surface area contributed by atoms with E-state index in [1.807, 2.05) is 0 Å². The van der Waals surface area contributed by atoms with Crippen molar-refractivity contribution in [2.45, 2.75) is 12.5 Å². The van der Waals surface area contributed by atoms with E-state index in [1.54, 1.807) is 38.4 Å². The lowest BCUT2D eigenvalue weighted by Crippen LogP contribution is -2.29. The molecule has 0 spiro atoms. The van der Waals surface area contributed by atoms with Gasteiger partial charge in [0.05, 0.1) is 16.7 Å². The number of rotatable bonds is 4. The summed E-state index contributed by atoms with van der Waals surface area (Å²) in [6, 6.07) is 9.81. The van der Waals surface area contributed by atoms with Gasteiger partial charge in [-0.15, -0.1) is 0 Å². The highest BCUT2D eigenvalue weighted by Crippen LogP contribution is 2.29. The van der Waals surface area contributed by atoms with E-state index in [0.29, 0.717) is 21.6 Å². The van der Waals surface area contributed by atoms with Crippen molar-refractivity contribution in [1.82, 2.24) is 9.13 Å². The zero-order valence-electron chi connectivity index (χ0n) is 14.2. The number of fused-ring (bicyclic) bond motifs is 1. The summed E-state index contributed by atoms with van der Waals surface area (Å²) in [5.74, 6) is -0.877. The van der Waals surface area contributed by atoms with Gasteiger partial charge in [-0.05, 0) is 17.7 Å². The molecule has 7 nitrogen and oxygen atoms in total. The van der Waals surface area contributed by atoms with Crippen molar-refractivity contribution in [3.8, 4) is 5.75 Å². The van der Waals surface area contributed by atoms with Crippen LogP contribution in [-0.4, -0.2) is 31.4 Å². The first-order valence-electron chi connectivity index (χ1n) is 7.90. The number of imidazole rings is 1. The van der Waals surface area contributed by atoms with Crippen LogP contribution in [0.15, 0.2) is 41.2 Å². The molecule has 0 aliphatic heterocycles. The van der Waals surface area contributed by atoms with E-state index in [1.165, 1.54) is 21.3 Å². The van der Waals surface area contributed by atoms with Crippen molar-refractivity contribution in [3.63, 3.8) is 0 Å². The molecule has 1 unspecified atom stereocenters. The second kappa shape index (κ2) is 6.86. The van der Waals surface area contributed by atoms with E-state index in [9.17, 15) is 19.8 Å². The van der Waals surface area contributed by atoms with Gasteiger partial charge in [-0.2, -0.15) is 0 Å². The number of carbonyl (C=O) groups is 1. The lowest BCUT2D eigenvalue weighted by atomic mass is 10.1. The Morgan fingerprint density at radius 1 is 1.19 bits per heavy atom. The number of hydrogen-bond acceptors (Lipinski definition) is 4. The predicted molar refractivity (Wildman–Crippen MR) is 99.6 cm³/mol. The van der Waals surface area contributed by atoms with Gasteiger partial charge in [-0.25, -0.2) is 4.79 Å². The van der Waals surface area contributed by atoms with Gasteiger partial charge in [0.25, 0.3) is 5.91 Å². The average Bonchev–Trinajstić information content (AvgIpc) is 2.81. The van der Waals surface area contributed by atoms with Crippen LogP contribution < -0.4 is 11.0 Å². The van der Waals surface area contributed by atoms with Crippen LogP contribution in [-0.2, 0) is 25.3 Å². The highest BCUT2D eigenvalue weighted by atomic mass is 35.5. The molecule has 0 radical (unpaired) electrons. The maximum absolute atomic E-state index is 12.3. The maximum atomic E-state index is 12.3. The fourth-order valence-electron chi connectivity index (χ4n) is 2.82. The van der Waals surface area contributed by atoms with Crippen LogP contribution in [0.1, 0.15) is 5.56 Å². The third-order valence-corrected chi connectivity index (χ3v) is 4.69. The number of hydrogen-bond donors (Lipinski definition) is 3. The van der Waals surface area contributed by atoms with Crippen molar-refractivity contribution < 1.29 is 15.0 Å². The Balaban J connectivity index is 1.85. The van der Waals surface area contributed by atoms with Crippen molar-refractivity contribution in [3.05, 3.63) is 57.5 Å². The van der Waals surface area contributed by atoms with Gasteiger partial charge in [0.2, 0.25) is 0 Å². The monoisotopic (exact) mass is 375 g/mol. The van der Waals surface area contributed by atoms with Gasteiger partial charge in [0.1, 0.15) is 11.9 Å². The molecule has 26 heavy (non-hydrogen) atoms. The molecule has 3 rings (SSSR count). The van der Waals surface area contributed by atoms with Gasteiger partial charge in [-0.1, -0.05) is 29.8 Å². The van der Waals surface area contributed by atoms with Crippen molar-refractivity contribution in [2.75, 3.05) is 5.32 Å². The molecule has 0 fully saturated rings. The number of aliphatic hydroxyl groups excluding tert-OH is 1. The molecule has 136 valence electrons. The Hall–Kier alpha value is -2.77. The zero-order chi connectivity index (χ0) is 19.0. The summed E-state index contributed by atoms with van der Waals surface area (Å²) in [6.45, 7) is 0. The lowest BCUT2D eigenvalue weighted by molar-refractivity contribution is -0.123. The highest BCUT2D eigenvalue weighted by Gasteiger charge is 2.20. The van der Waals surface area contributed by atoms with Crippen LogP contribution in [0.3, 0.4) is 0 Å². The summed E-state index contributed by atoms with van der Waals surface area (Å²) in [7, 11) is 3.19. The van der Waals surface area contributed by atoms with E-state index in [-0.39, 0.29) is 23.5 Å². The molecule has 0 aliphatic carbocycles. The highest BCUT2D eigenvalue weighted by molar-refractivity contribution is 6.31. The molecule has 3 aromatic rings. The first-order chi connectivity index (χ1) is 12.3. The first kappa shape index (κ1) is 18.0. The molecule has 1 atom stereocenters. The summed E-state index contributed by atoms with van der Waals surface area (Å²) in [5.41, 5.74) is 1.58. The summed E-state index contributed by atoms with van der Waals surface area (Å²) in [6.07, 6.45) is -1.30. The van der Waals surface area contributed by atoms with E-state index in [4.69, 9.17) is 11.6 Å². The molecule has 0 aliphatic rings. The van der Waals surface area contributed by atoms with E-state index in [2.05, 4.69) is 5.32 Å². The number of amides is 1. The fraction of sp³-hybridized carbons (Fsp3) is 0.222. The largest absolute Gasteiger partial charge is 0.506 e. The lowest BCUT2D eigenvalue weighted by Gasteiger charge is -2.13. The number of aromatic nitrogens is 2. The molecule has 0 saturated heterocycles. The predicted octanol–water partition coefficient (Wildman–Crippen LogP) is 1.78. The van der Waals surface area contributed by atoms with Gasteiger partial charge in [-0.3, -0.25) is 13.9 Å². The van der Waals surface area contributed by atoms with Crippen LogP contribution in [0.5, 0.6) is 5.75 Å². The number of anilines is 1. The average molecular weight is 376 g/mol. The molecule has 3 N–H and O–H groups in total. The number of phenols is 1. The Kier molecular flexibility index (Phi) is 4.76. The second-order valence-electron chi connectivity index (χ2n) is 6.06. The van der Waals surface area contributed by atoms with Crippen molar-refractivity contribution >= 4 is 34.2 Å². The normalized spacial score (nSPS) is 12.3. The van der Waals surface area contributed by atoms with Crippen molar-refractivity contribution in [1.29, 1.82) is 0 Å². The number of phenolic OH excluding ortho intramolecular Hbond substituents is 1. The number of benzene rings is 2. The van der Waals surface area contributed by atoms with Gasteiger partial charge in [0, 0.05) is 31.6 Å². The molecule has 0 saturated carbocycles. The summed E-state index contributed by atoms with van der Waals surface area (Å²) >= 11 is 6.04. The summed E-state index contributed by atoms with van der Waals surface area (Å²) in [4.78, 5) is 24.3. The van der Waals surface area contributed by atoms with Gasteiger partial charge < -0.3 is 15.5 Å². The standard InChI is InChI=1S/C18H18ClN3O4/c1-21-13-8-12(15(23)9-14(13)22(2)18(21)26)20-17(25)16(24)7-10-5-3-4-6-11(10)19/h3-6,8-9,16,23-24H,7H2,1-2H3,(H,20,25). The van der Waals surface area contributed by atoms with Gasteiger partial charge in [0.15, 0.2) is 0 Å². The molecule has 8 heteroatoms. The van der Waals surface area contributed by atoms with Crippen LogP contribution in [0.2, 0.25) is 5.02 Å². The number of aromatic hydroxyl groups is 1. The first-order valence-corrected chi connectivity index (χ1v) is 8.28. The number of carbonyl (C=O) groups excluding carboxylic acids is 1. The molecule has 1 heterocycles. The number of halogens is 1. The molecule has 1 amide bonds. The zero-order valence-corrected chi connectivity index (χ0v) is 15.0. The van der Waals surface area contributed by atoms with Crippen LogP contribution >= 0.6 is 11.6 Å². The Bertz CT molecular complexity index is 1050. The minimum Gasteiger partial charge on any atom is -0.506 e. The molecular formula is C18H18ClN3O4. The third-order valence-electron chi connectivity index (χ3n) is 4.32. The minimum atomic E-state index is -1.34. The number of aryl methyl sites for hydroxylation is 2. The van der Waals surface area contributed by atoms with Crippen molar-refractivity contribution in [2.24, 2.45) is 14.1 Å². The topological polar surface area (TPSA) is 96.5 Å². The van der Waals surface area contributed by atoms with E-state index >= 15 is 0 Å². The maximum Gasteiger partial charge on any atom is 0.328 e. The third kappa shape index (κ3) is 3.18.